The lowest BCUT2D eigenvalue weighted by molar-refractivity contribution is -0.133. The third-order valence-electron chi connectivity index (χ3n) is 3.99. The fourth-order valence-corrected chi connectivity index (χ4v) is 2.48. The summed E-state index contributed by atoms with van der Waals surface area (Å²) in [5.74, 6) is -1.62. The highest BCUT2D eigenvalue weighted by molar-refractivity contribution is 6.04. The van der Waals surface area contributed by atoms with Crippen LogP contribution >= 0.6 is 0 Å². The number of likely N-dealkylation sites (N-methyl/N-ethyl adjacent to an activating group) is 1. The van der Waals surface area contributed by atoms with Crippen molar-refractivity contribution >= 4 is 23.4 Å². The van der Waals surface area contributed by atoms with Crippen LogP contribution in [0.2, 0.25) is 0 Å². The van der Waals surface area contributed by atoms with Crippen LogP contribution in [0.4, 0.5) is 10.1 Å². The molecule has 1 aliphatic rings. The summed E-state index contributed by atoms with van der Waals surface area (Å²) in [5.41, 5.74) is -0.397. The molecule has 1 aromatic rings. The number of halogens is 1. The Morgan fingerprint density at radius 3 is 2.67 bits per heavy atom. The van der Waals surface area contributed by atoms with Gasteiger partial charge in [0.05, 0.1) is 5.92 Å². The van der Waals surface area contributed by atoms with Crippen LogP contribution in [0.25, 0.3) is 0 Å². The van der Waals surface area contributed by atoms with Crippen LogP contribution in [0.3, 0.4) is 0 Å². The lowest BCUT2D eigenvalue weighted by Gasteiger charge is -2.20. The maximum Gasteiger partial charge on any atom is 0.257 e. The van der Waals surface area contributed by atoms with Crippen molar-refractivity contribution < 1.29 is 18.8 Å². The fourth-order valence-electron chi connectivity index (χ4n) is 2.48. The SMILES string of the molecule is CN(CCNC(=O)C(C)(C)F)C(=O)CC1C(=O)Nc2ccccc21. The molecule has 3 amide bonds. The summed E-state index contributed by atoms with van der Waals surface area (Å²) in [7, 11) is 1.59. The molecule has 0 saturated carbocycles. The van der Waals surface area contributed by atoms with Gasteiger partial charge in [0.15, 0.2) is 5.67 Å². The topological polar surface area (TPSA) is 78.5 Å². The molecule has 2 N–H and O–H groups in total. The van der Waals surface area contributed by atoms with Gasteiger partial charge in [-0.05, 0) is 25.5 Å². The van der Waals surface area contributed by atoms with Crippen LogP contribution in [0, 0.1) is 0 Å². The van der Waals surface area contributed by atoms with E-state index in [0.29, 0.717) is 0 Å². The predicted octanol–water partition coefficient (Wildman–Crippen LogP) is 1.44. The van der Waals surface area contributed by atoms with Gasteiger partial charge in [0.25, 0.3) is 5.91 Å². The van der Waals surface area contributed by atoms with E-state index in [-0.39, 0.29) is 31.3 Å². The Hall–Kier alpha value is -2.44. The van der Waals surface area contributed by atoms with Gasteiger partial charge in [-0.25, -0.2) is 4.39 Å². The summed E-state index contributed by atoms with van der Waals surface area (Å²) in [6.07, 6.45) is 0.0574. The van der Waals surface area contributed by atoms with Gasteiger partial charge in [-0.3, -0.25) is 14.4 Å². The minimum atomic E-state index is -1.95. The molecule has 7 heteroatoms. The van der Waals surface area contributed by atoms with E-state index in [0.717, 1.165) is 11.3 Å². The summed E-state index contributed by atoms with van der Waals surface area (Å²) in [5, 5.41) is 5.20. The monoisotopic (exact) mass is 335 g/mol. The average molecular weight is 335 g/mol. The van der Waals surface area contributed by atoms with Gasteiger partial charge >= 0.3 is 0 Å². The van der Waals surface area contributed by atoms with E-state index >= 15 is 0 Å². The molecule has 0 aromatic heterocycles. The number of carbonyl (C=O) groups excluding carboxylic acids is 3. The maximum atomic E-state index is 13.4. The number of nitrogens with zero attached hydrogens (tertiary/aromatic N) is 1. The van der Waals surface area contributed by atoms with Gasteiger partial charge < -0.3 is 15.5 Å². The van der Waals surface area contributed by atoms with Crippen molar-refractivity contribution in [3.63, 3.8) is 0 Å². The molecule has 0 spiro atoms. The number of benzene rings is 1. The molecule has 0 fully saturated rings. The highest BCUT2D eigenvalue weighted by Crippen LogP contribution is 2.34. The van der Waals surface area contributed by atoms with E-state index in [1.807, 2.05) is 18.2 Å². The average Bonchev–Trinajstić information content (AvgIpc) is 2.82. The van der Waals surface area contributed by atoms with Gasteiger partial charge in [0, 0.05) is 32.2 Å². The second-order valence-corrected chi connectivity index (χ2v) is 6.38. The molecule has 130 valence electrons. The molecule has 1 aliphatic heterocycles. The van der Waals surface area contributed by atoms with E-state index in [2.05, 4.69) is 10.6 Å². The number of nitrogens with one attached hydrogen (secondary N) is 2. The smallest absolute Gasteiger partial charge is 0.257 e. The van der Waals surface area contributed by atoms with E-state index in [1.54, 1.807) is 13.1 Å². The standard InChI is InChI=1S/C17H22FN3O3/c1-17(2,18)16(24)19-8-9-21(3)14(22)10-12-11-6-4-5-7-13(11)20-15(12)23/h4-7,12H,8-10H2,1-3H3,(H,19,24)(H,20,23). The molecular weight excluding hydrogens is 313 g/mol. The molecule has 1 unspecified atom stereocenters. The van der Waals surface area contributed by atoms with E-state index in [4.69, 9.17) is 0 Å². The molecule has 24 heavy (non-hydrogen) atoms. The molecule has 1 heterocycles. The number of carbonyl (C=O) groups is 3. The fraction of sp³-hybridized carbons (Fsp3) is 0.471. The summed E-state index contributed by atoms with van der Waals surface area (Å²) < 4.78 is 13.4. The maximum absolute atomic E-state index is 13.4. The van der Waals surface area contributed by atoms with Crippen molar-refractivity contribution in [2.75, 3.05) is 25.5 Å². The van der Waals surface area contributed by atoms with E-state index < -0.39 is 17.5 Å². The lowest BCUT2D eigenvalue weighted by Crippen LogP contribution is -2.43. The summed E-state index contributed by atoms with van der Waals surface area (Å²) in [4.78, 5) is 37.2. The Morgan fingerprint density at radius 1 is 1.33 bits per heavy atom. The first-order chi connectivity index (χ1) is 11.2. The van der Waals surface area contributed by atoms with Gasteiger partial charge in [0.2, 0.25) is 11.8 Å². The van der Waals surface area contributed by atoms with Crippen LogP contribution in [0.15, 0.2) is 24.3 Å². The molecule has 0 bridgehead atoms. The quantitative estimate of drug-likeness (QED) is 0.826. The zero-order valence-electron chi connectivity index (χ0n) is 14.1. The highest BCUT2D eigenvalue weighted by atomic mass is 19.1. The number of rotatable bonds is 6. The summed E-state index contributed by atoms with van der Waals surface area (Å²) in [6, 6.07) is 7.28. The van der Waals surface area contributed by atoms with E-state index in [1.165, 1.54) is 18.7 Å². The predicted molar refractivity (Wildman–Crippen MR) is 88.3 cm³/mol. The second-order valence-electron chi connectivity index (χ2n) is 6.38. The van der Waals surface area contributed by atoms with Crippen LogP contribution in [0.5, 0.6) is 0 Å². The van der Waals surface area contributed by atoms with Crippen molar-refractivity contribution in [1.29, 1.82) is 0 Å². The Morgan fingerprint density at radius 2 is 2.00 bits per heavy atom. The van der Waals surface area contributed by atoms with Gasteiger partial charge in [0.1, 0.15) is 0 Å². The zero-order valence-corrected chi connectivity index (χ0v) is 14.1. The van der Waals surface area contributed by atoms with Crippen molar-refractivity contribution in [3.05, 3.63) is 29.8 Å². The van der Waals surface area contributed by atoms with Crippen molar-refractivity contribution in [2.45, 2.75) is 31.9 Å². The minimum absolute atomic E-state index is 0.0574. The number of alkyl halides is 1. The van der Waals surface area contributed by atoms with Gasteiger partial charge in [-0.1, -0.05) is 18.2 Å². The first kappa shape index (κ1) is 17.9. The number of para-hydroxylation sites is 1. The lowest BCUT2D eigenvalue weighted by atomic mass is 9.97. The summed E-state index contributed by atoms with van der Waals surface area (Å²) in [6.45, 7) is 2.75. The van der Waals surface area contributed by atoms with Gasteiger partial charge in [-0.2, -0.15) is 0 Å². The molecular formula is C17H22FN3O3. The minimum Gasteiger partial charge on any atom is -0.352 e. The highest BCUT2D eigenvalue weighted by Gasteiger charge is 2.32. The second kappa shape index (κ2) is 6.98. The third kappa shape index (κ3) is 4.10. The Bertz CT molecular complexity index is 655. The van der Waals surface area contributed by atoms with E-state index in [9.17, 15) is 18.8 Å². The van der Waals surface area contributed by atoms with Crippen LogP contribution in [-0.4, -0.2) is 48.4 Å². The Labute approximate surface area is 140 Å². The molecule has 0 aliphatic carbocycles. The molecule has 6 nitrogen and oxygen atoms in total. The molecule has 2 rings (SSSR count). The van der Waals surface area contributed by atoms with Crippen LogP contribution in [0.1, 0.15) is 31.7 Å². The number of anilines is 1. The number of amides is 3. The van der Waals surface area contributed by atoms with Crippen molar-refractivity contribution in [1.82, 2.24) is 10.2 Å². The number of fused-ring (bicyclic) bond motifs is 1. The number of hydrogen-bond donors (Lipinski definition) is 2. The van der Waals surface area contributed by atoms with Crippen LogP contribution < -0.4 is 10.6 Å². The van der Waals surface area contributed by atoms with Crippen LogP contribution in [-0.2, 0) is 14.4 Å². The Kier molecular flexibility index (Phi) is 5.21. The number of hydrogen-bond acceptors (Lipinski definition) is 3. The zero-order chi connectivity index (χ0) is 17.9. The Balaban J connectivity index is 1.86. The van der Waals surface area contributed by atoms with Gasteiger partial charge in [-0.15, -0.1) is 0 Å². The first-order valence-electron chi connectivity index (χ1n) is 7.81. The molecule has 1 aromatic carbocycles. The molecule has 0 saturated heterocycles. The van der Waals surface area contributed by atoms with Crippen molar-refractivity contribution in [2.24, 2.45) is 0 Å². The molecule has 1 atom stereocenters. The third-order valence-corrected chi connectivity index (χ3v) is 3.99. The normalized spacial score (nSPS) is 16.3. The largest absolute Gasteiger partial charge is 0.352 e. The van der Waals surface area contributed by atoms with Crippen molar-refractivity contribution in [3.8, 4) is 0 Å². The first-order valence-corrected chi connectivity index (χ1v) is 7.81. The summed E-state index contributed by atoms with van der Waals surface area (Å²) >= 11 is 0. The molecule has 0 radical (unpaired) electrons.